The normalized spacial score (nSPS) is 14.5. The molecule has 0 saturated carbocycles. The standard InChI is InChI=1S/C7H8F3NOS/c8-7(9,10)6-2-1-5(13-6)4(12)3-11/h1-2,4,12H,3,11H2. The van der Waals surface area contributed by atoms with Gasteiger partial charge in [0.1, 0.15) is 11.0 Å². The molecule has 13 heavy (non-hydrogen) atoms. The highest BCUT2D eigenvalue weighted by Gasteiger charge is 2.32. The molecule has 0 aliphatic heterocycles. The van der Waals surface area contributed by atoms with Crippen LogP contribution in [0.1, 0.15) is 15.9 Å². The smallest absolute Gasteiger partial charge is 0.386 e. The van der Waals surface area contributed by atoms with E-state index in [1.165, 1.54) is 6.07 Å². The zero-order valence-electron chi connectivity index (χ0n) is 6.51. The van der Waals surface area contributed by atoms with Crippen LogP contribution in [0.2, 0.25) is 0 Å². The highest BCUT2D eigenvalue weighted by molar-refractivity contribution is 7.12. The topological polar surface area (TPSA) is 46.2 Å². The Morgan fingerprint density at radius 1 is 1.46 bits per heavy atom. The highest BCUT2D eigenvalue weighted by Crippen LogP contribution is 2.36. The maximum Gasteiger partial charge on any atom is 0.425 e. The Morgan fingerprint density at radius 2 is 2.08 bits per heavy atom. The van der Waals surface area contributed by atoms with Crippen molar-refractivity contribution in [2.45, 2.75) is 12.3 Å². The van der Waals surface area contributed by atoms with E-state index < -0.39 is 17.2 Å². The molecule has 0 spiro atoms. The minimum Gasteiger partial charge on any atom is -0.386 e. The summed E-state index contributed by atoms with van der Waals surface area (Å²) in [4.78, 5) is -0.468. The third kappa shape index (κ3) is 2.43. The van der Waals surface area contributed by atoms with Crippen LogP contribution in [0.3, 0.4) is 0 Å². The lowest BCUT2D eigenvalue weighted by atomic mass is 10.3. The first-order chi connectivity index (χ1) is 5.95. The fourth-order valence-electron chi connectivity index (χ4n) is 0.800. The maximum atomic E-state index is 12.1. The number of aliphatic hydroxyl groups is 1. The first kappa shape index (κ1) is 10.5. The molecule has 0 aliphatic rings. The SMILES string of the molecule is NCC(O)c1ccc(C(F)(F)F)s1. The van der Waals surface area contributed by atoms with Crippen molar-refractivity contribution >= 4 is 11.3 Å². The quantitative estimate of drug-likeness (QED) is 0.783. The van der Waals surface area contributed by atoms with Crippen molar-refractivity contribution in [1.29, 1.82) is 0 Å². The zero-order valence-corrected chi connectivity index (χ0v) is 7.32. The van der Waals surface area contributed by atoms with Gasteiger partial charge in [0.25, 0.3) is 0 Å². The molecular formula is C7H8F3NOS. The van der Waals surface area contributed by atoms with E-state index in [9.17, 15) is 13.2 Å². The van der Waals surface area contributed by atoms with Crippen LogP contribution in [0.4, 0.5) is 13.2 Å². The number of nitrogens with two attached hydrogens (primary N) is 1. The monoisotopic (exact) mass is 211 g/mol. The van der Waals surface area contributed by atoms with Gasteiger partial charge in [-0.3, -0.25) is 0 Å². The molecule has 3 N–H and O–H groups in total. The highest BCUT2D eigenvalue weighted by atomic mass is 32.1. The second kappa shape index (κ2) is 3.65. The number of hydrogen-bond donors (Lipinski definition) is 2. The Bertz CT molecular complexity index is 284. The molecule has 0 radical (unpaired) electrons. The van der Waals surface area contributed by atoms with Crippen LogP contribution in [0.5, 0.6) is 0 Å². The van der Waals surface area contributed by atoms with Crippen molar-refractivity contribution in [2.24, 2.45) is 5.73 Å². The summed E-state index contributed by atoms with van der Waals surface area (Å²) in [6.07, 6.45) is -5.34. The van der Waals surface area contributed by atoms with Gasteiger partial charge in [0.05, 0.1) is 0 Å². The van der Waals surface area contributed by atoms with E-state index in [0.29, 0.717) is 11.3 Å². The van der Waals surface area contributed by atoms with E-state index in [1.54, 1.807) is 0 Å². The third-order valence-corrected chi connectivity index (χ3v) is 2.69. The molecule has 74 valence electrons. The number of aliphatic hydroxyl groups excluding tert-OH is 1. The van der Waals surface area contributed by atoms with Gasteiger partial charge in [-0.2, -0.15) is 13.2 Å². The van der Waals surface area contributed by atoms with Crippen LogP contribution < -0.4 is 5.73 Å². The third-order valence-electron chi connectivity index (χ3n) is 1.46. The molecule has 6 heteroatoms. The summed E-state index contributed by atoms with van der Waals surface area (Å²) in [6, 6.07) is 2.18. The van der Waals surface area contributed by atoms with Gasteiger partial charge in [-0.25, -0.2) is 0 Å². The van der Waals surface area contributed by atoms with E-state index in [0.717, 1.165) is 6.07 Å². The van der Waals surface area contributed by atoms with Gasteiger partial charge < -0.3 is 10.8 Å². The lowest BCUT2D eigenvalue weighted by Crippen LogP contribution is -2.09. The molecule has 0 bridgehead atoms. The molecule has 1 atom stereocenters. The average molecular weight is 211 g/mol. The first-order valence-electron chi connectivity index (χ1n) is 3.50. The van der Waals surface area contributed by atoms with Crippen molar-refractivity contribution in [3.05, 3.63) is 21.9 Å². The minimum absolute atomic E-state index is 0.0716. The Balaban J connectivity index is 2.87. The Hall–Kier alpha value is -0.590. The summed E-state index contributed by atoms with van der Waals surface area (Å²) in [7, 11) is 0. The van der Waals surface area contributed by atoms with Gasteiger partial charge in [0, 0.05) is 11.4 Å². The van der Waals surface area contributed by atoms with Crippen molar-refractivity contribution in [2.75, 3.05) is 6.54 Å². The molecule has 0 amide bonds. The van der Waals surface area contributed by atoms with E-state index in [4.69, 9.17) is 10.8 Å². The number of thiophene rings is 1. The molecule has 0 saturated heterocycles. The lowest BCUT2D eigenvalue weighted by Gasteiger charge is -2.04. The largest absolute Gasteiger partial charge is 0.425 e. The fraction of sp³-hybridized carbons (Fsp3) is 0.429. The molecule has 1 aromatic rings. The van der Waals surface area contributed by atoms with Gasteiger partial charge in [-0.05, 0) is 12.1 Å². The Morgan fingerprint density at radius 3 is 2.46 bits per heavy atom. The molecule has 0 aliphatic carbocycles. The van der Waals surface area contributed by atoms with Crippen LogP contribution in [0.15, 0.2) is 12.1 Å². The van der Waals surface area contributed by atoms with Gasteiger partial charge in [0.2, 0.25) is 0 Å². The molecule has 0 fully saturated rings. The number of alkyl halides is 3. The summed E-state index contributed by atoms with van der Waals surface area (Å²) >= 11 is 0.517. The number of halogens is 3. The molecule has 1 heterocycles. The van der Waals surface area contributed by atoms with E-state index in [2.05, 4.69) is 0 Å². The number of rotatable bonds is 2. The summed E-state index contributed by atoms with van der Waals surface area (Å²) in [5, 5.41) is 9.13. The van der Waals surface area contributed by atoms with Crippen LogP contribution in [0, 0.1) is 0 Å². The Labute approximate surface area is 76.8 Å². The molecule has 0 aromatic carbocycles. The van der Waals surface area contributed by atoms with Crippen molar-refractivity contribution < 1.29 is 18.3 Å². The van der Waals surface area contributed by atoms with E-state index in [-0.39, 0.29) is 11.4 Å². The summed E-state index contributed by atoms with van der Waals surface area (Å²) in [5.41, 5.74) is 5.10. The molecule has 1 rings (SSSR count). The molecule has 1 aromatic heterocycles. The van der Waals surface area contributed by atoms with E-state index in [1.807, 2.05) is 0 Å². The summed E-state index contributed by atoms with van der Waals surface area (Å²) in [6.45, 7) is -0.0716. The molecule has 2 nitrogen and oxygen atoms in total. The number of hydrogen-bond acceptors (Lipinski definition) is 3. The first-order valence-corrected chi connectivity index (χ1v) is 4.32. The second-order valence-electron chi connectivity index (χ2n) is 2.45. The van der Waals surface area contributed by atoms with E-state index >= 15 is 0 Å². The molecule has 1 unspecified atom stereocenters. The van der Waals surface area contributed by atoms with Gasteiger partial charge in [-0.15, -0.1) is 11.3 Å². The van der Waals surface area contributed by atoms with Gasteiger partial charge in [0.15, 0.2) is 0 Å². The van der Waals surface area contributed by atoms with Crippen molar-refractivity contribution in [1.82, 2.24) is 0 Å². The molecular weight excluding hydrogens is 203 g/mol. The van der Waals surface area contributed by atoms with Gasteiger partial charge >= 0.3 is 6.18 Å². The van der Waals surface area contributed by atoms with Gasteiger partial charge in [-0.1, -0.05) is 0 Å². The predicted octanol–water partition coefficient (Wildman–Crippen LogP) is 1.76. The fourth-order valence-corrected chi connectivity index (χ4v) is 1.67. The summed E-state index contributed by atoms with van der Waals surface area (Å²) in [5.74, 6) is 0. The second-order valence-corrected chi connectivity index (χ2v) is 3.57. The maximum absolute atomic E-state index is 12.1. The van der Waals surface area contributed by atoms with Crippen LogP contribution in [0.25, 0.3) is 0 Å². The summed E-state index contributed by atoms with van der Waals surface area (Å²) < 4.78 is 36.2. The Kier molecular flexibility index (Phi) is 2.94. The minimum atomic E-state index is -4.34. The zero-order chi connectivity index (χ0) is 10.1. The van der Waals surface area contributed by atoms with Crippen molar-refractivity contribution in [3.63, 3.8) is 0 Å². The van der Waals surface area contributed by atoms with Crippen LogP contribution in [-0.2, 0) is 6.18 Å². The van der Waals surface area contributed by atoms with Crippen molar-refractivity contribution in [3.8, 4) is 0 Å². The predicted molar refractivity (Wildman–Crippen MR) is 43.3 cm³/mol. The lowest BCUT2D eigenvalue weighted by molar-refractivity contribution is -0.134. The average Bonchev–Trinajstić information content (AvgIpc) is 2.50. The van der Waals surface area contributed by atoms with Crippen LogP contribution >= 0.6 is 11.3 Å². The van der Waals surface area contributed by atoms with Crippen LogP contribution in [-0.4, -0.2) is 11.7 Å².